The zero-order valence-electron chi connectivity index (χ0n) is 13.3. The average Bonchev–Trinajstić information content (AvgIpc) is 2.63. The number of hydrogen-bond donors (Lipinski definition) is 2. The molecule has 0 aliphatic carbocycles. The smallest absolute Gasteiger partial charge is 0.331 e. The van der Waals surface area contributed by atoms with Crippen LogP contribution in [0.3, 0.4) is 0 Å². The minimum atomic E-state index is -0.657. The SMILES string of the molecule is O=c1[nH]c(=O)n(Cc2ccccc2)c(O)c1C=C=Cc1ccccc1. The lowest BCUT2D eigenvalue weighted by Crippen LogP contribution is -2.31. The first-order chi connectivity index (χ1) is 12.1. The lowest BCUT2D eigenvalue weighted by Gasteiger charge is -2.09. The predicted molar refractivity (Wildman–Crippen MR) is 97.4 cm³/mol. The number of H-pyrrole nitrogens is 1. The maximum Gasteiger partial charge on any atom is 0.331 e. The first kappa shape index (κ1) is 16.3. The molecule has 0 bridgehead atoms. The summed E-state index contributed by atoms with van der Waals surface area (Å²) in [5.41, 5.74) is 3.29. The zero-order chi connectivity index (χ0) is 17.6. The molecule has 1 aromatic heterocycles. The molecule has 0 saturated heterocycles. The molecule has 1 heterocycles. The van der Waals surface area contributed by atoms with E-state index in [0.717, 1.165) is 15.7 Å². The third kappa shape index (κ3) is 3.86. The van der Waals surface area contributed by atoms with Crippen molar-refractivity contribution < 1.29 is 5.11 Å². The van der Waals surface area contributed by atoms with E-state index in [2.05, 4.69) is 10.7 Å². The molecule has 5 nitrogen and oxygen atoms in total. The second-order valence-electron chi connectivity index (χ2n) is 5.43. The molecule has 0 aliphatic heterocycles. The number of benzene rings is 2. The fourth-order valence-corrected chi connectivity index (χ4v) is 2.39. The minimum Gasteiger partial charge on any atom is -0.494 e. The van der Waals surface area contributed by atoms with Crippen molar-refractivity contribution in [3.8, 4) is 5.88 Å². The summed E-state index contributed by atoms with van der Waals surface area (Å²) in [6, 6.07) is 18.7. The maximum atomic E-state index is 12.0. The van der Waals surface area contributed by atoms with Crippen LogP contribution in [0.5, 0.6) is 5.88 Å². The second kappa shape index (κ2) is 7.34. The minimum absolute atomic E-state index is 0.0114. The van der Waals surface area contributed by atoms with E-state index in [-0.39, 0.29) is 18.0 Å². The topological polar surface area (TPSA) is 75.1 Å². The molecule has 0 radical (unpaired) electrons. The number of aromatic hydroxyl groups is 1. The van der Waals surface area contributed by atoms with Gasteiger partial charge in [-0.3, -0.25) is 14.3 Å². The Morgan fingerprint density at radius 1 is 0.960 bits per heavy atom. The summed E-state index contributed by atoms with van der Waals surface area (Å²) in [7, 11) is 0. The Morgan fingerprint density at radius 3 is 2.28 bits per heavy atom. The molecule has 2 N–H and O–H groups in total. The fourth-order valence-electron chi connectivity index (χ4n) is 2.39. The van der Waals surface area contributed by atoms with Crippen molar-refractivity contribution in [2.75, 3.05) is 0 Å². The van der Waals surface area contributed by atoms with Gasteiger partial charge in [0.05, 0.1) is 6.54 Å². The van der Waals surface area contributed by atoms with Gasteiger partial charge in [-0.1, -0.05) is 60.7 Å². The summed E-state index contributed by atoms with van der Waals surface area (Å²) in [6.07, 6.45) is 3.05. The van der Waals surface area contributed by atoms with Crippen LogP contribution in [0.15, 0.2) is 76.0 Å². The van der Waals surface area contributed by atoms with Crippen LogP contribution in [0.25, 0.3) is 12.2 Å². The summed E-state index contributed by atoms with van der Waals surface area (Å²) >= 11 is 0. The van der Waals surface area contributed by atoms with Gasteiger partial charge in [-0.15, -0.1) is 5.73 Å². The van der Waals surface area contributed by atoms with Gasteiger partial charge in [0.25, 0.3) is 5.56 Å². The third-order valence-electron chi connectivity index (χ3n) is 3.67. The average molecular weight is 332 g/mol. The van der Waals surface area contributed by atoms with Crippen molar-refractivity contribution in [2.45, 2.75) is 6.54 Å². The summed E-state index contributed by atoms with van der Waals surface area (Å²) in [5, 5.41) is 10.4. The van der Waals surface area contributed by atoms with E-state index in [0.29, 0.717) is 0 Å². The van der Waals surface area contributed by atoms with Crippen LogP contribution in [0.2, 0.25) is 0 Å². The molecule has 3 rings (SSSR count). The van der Waals surface area contributed by atoms with Crippen molar-refractivity contribution in [2.24, 2.45) is 0 Å². The van der Waals surface area contributed by atoms with Gasteiger partial charge in [0.2, 0.25) is 5.88 Å². The summed E-state index contributed by atoms with van der Waals surface area (Å²) in [5.74, 6) is -0.383. The molecular formula is C20H16N2O3. The van der Waals surface area contributed by atoms with Gasteiger partial charge in [0, 0.05) is 0 Å². The Morgan fingerprint density at radius 2 is 1.60 bits per heavy atom. The predicted octanol–water partition coefficient (Wildman–Crippen LogP) is 2.62. The van der Waals surface area contributed by atoms with Gasteiger partial charge in [-0.2, -0.15) is 0 Å². The molecule has 0 fully saturated rings. The van der Waals surface area contributed by atoms with E-state index in [9.17, 15) is 14.7 Å². The standard InChI is InChI=1S/C20H16N2O3/c23-18-17(13-7-12-15-8-3-1-4-9-15)19(24)22(20(25)21-18)14-16-10-5-2-6-11-16/h1-6,8-13,24H,14H2,(H,21,23,25). The second-order valence-corrected chi connectivity index (χ2v) is 5.43. The van der Waals surface area contributed by atoms with E-state index in [1.54, 1.807) is 6.08 Å². The molecule has 0 unspecified atom stereocenters. The Bertz CT molecular complexity index is 1040. The molecule has 0 saturated carbocycles. The molecule has 2 aromatic carbocycles. The lowest BCUT2D eigenvalue weighted by molar-refractivity contribution is 0.408. The quantitative estimate of drug-likeness (QED) is 0.721. The van der Waals surface area contributed by atoms with Gasteiger partial charge in [-0.25, -0.2) is 4.79 Å². The van der Waals surface area contributed by atoms with Crippen molar-refractivity contribution in [1.82, 2.24) is 9.55 Å². The number of nitrogens with zero attached hydrogens (tertiary/aromatic N) is 1. The fraction of sp³-hybridized carbons (Fsp3) is 0.0500. The first-order valence-corrected chi connectivity index (χ1v) is 7.72. The van der Waals surface area contributed by atoms with Gasteiger partial charge in [-0.05, 0) is 23.3 Å². The Kier molecular flexibility index (Phi) is 4.79. The van der Waals surface area contributed by atoms with Gasteiger partial charge >= 0.3 is 5.69 Å². The molecule has 124 valence electrons. The monoisotopic (exact) mass is 332 g/mol. The molecule has 0 aliphatic rings. The van der Waals surface area contributed by atoms with Crippen molar-refractivity contribution in [1.29, 1.82) is 0 Å². The highest BCUT2D eigenvalue weighted by Crippen LogP contribution is 2.13. The number of hydrogen-bond acceptors (Lipinski definition) is 3. The first-order valence-electron chi connectivity index (χ1n) is 7.72. The number of aromatic nitrogens is 2. The largest absolute Gasteiger partial charge is 0.494 e. The zero-order valence-corrected chi connectivity index (χ0v) is 13.3. The van der Waals surface area contributed by atoms with Gasteiger partial charge in [0.1, 0.15) is 5.56 Å². The highest BCUT2D eigenvalue weighted by molar-refractivity contribution is 5.59. The van der Waals surface area contributed by atoms with E-state index in [4.69, 9.17) is 0 Å². The molecule has 0 amide bonds. The molecule has 25 heavy (non-hydrogen) atoms. The summed E-state index contributed by atoms with van der Waals surface area (Å²) < 4.78 is 1.12. The van der Waals surface area contributed by atoms with Gasteiger partial charge < -0.3 is 5.11 Å². The van der Waals surface area contributed by atoms with E-state index in [1.165, 1.54) is 6.08 Å². The molecule has 0 atom stereocenters. The third-order valence-corrected chi connectivity index (χ3v) is 3.67. The van der Waals surface area contributed by atoms with Crippen LogP contribution >= 0.6 is 0 Å². The molecule has 3 aromatic rings. The van der Waals surface area contributed by atoms with Crippen molar-refractivity contribution >= 4 is 12.2 Å². The normalized spacial score (nSPS) is 10.1. The molecule has 5 heteroatoms. The Balaban J connectivity index is 2.00. The number of aromatic amines is 1. The van der Waals surface area contributed by atoms with E-state index in [1.807, 2.05) is 60.7 Å². The Labute approximate surface area is 143 Å². The number of nitrogens with one attached hydrogen (secondary N) is 1. The summed E-state index contributed by atoms with van der Waals surface area (Å²) in [4.78, 5) is 26.2. The summed E-state index contributed by atoms with van der Waals surface area (Å²) in [6.45, 7) is 0.158. The maximum absolute atomic E-state index is 12.0. The van der Waals surface area contributed by atoms with Crippen LogP contribution in [0.4, 0.5) is 0 Å². The van der Waals surface area contributed by atoms with Crippen molar-refractivity contribution in [3.63, 3.8) is 0 Å². The highest BCUT2D eigenvalue weighted by atomic mass is 16.3. The van der Waals surface area contributed by atoms with Gasteiger partial charge in [0.15, 0.2) is 0 Å². The van der Waals surface area contributed by atoms with E-state index < -0.39 is 11.2 Å². The van der Waals surface area contributed by atoms with Crippen LogP contribution < -0.4 is 11.2 Å². The van der Waals surface area contributed by atoms with Crippen LogP contribution in [0, 0.1) is 0 Å². The Hall–Kier alpha value is -3.56. The molecule has 0 spiro atoms. The molecular weight excluding hydrogens is 316 g/mol. The van der Waals surface area contributed by atoms with Crippen LogP contribution in [-0.4, -0.2) is 14.7 Å². The van der Waals surface area contributed by atoms with Crippen LogP contribution in [-0.2, 0) is 6.54 Å². The lowest BCUT2D eigenvalue weighted by atomic mass is 10.2. The van der Waals surface area contributed by atoms with E-state index >= 15 is 0 Å². The van der Waals surface area contributed by atoms with Crippen LogP contribution in [0.1, 0.15) is 16.7 Å². The highest BCUT2D eigenvalue weighted by Gasteiger charge is 2.12. The number of rotatable bonds is 4. The van der Waals surface area contributed by atoms with Crippen molar-refractivity contribution in [3.05, 3.63) is 104 Å².